The molecule has 1 aromatic rings. The lowest BCUT2D eigenvalue weighted by Crippen LogP contribution is -2.48. The van der Waals surface area contributed by atoms with Gasteiger partial charge >= 0.3 is 5.97 Å². The number of anilines is 1. The van der Waals surface area contributed by atoms with Gasteiger partial charge in [-0.2, -0.15) is 0 Å². The Labute approximate surface area is 105 Å². The summed E-state index contributed by atoms with van der Waals surface area (Å²) in [5.41, 5.74) is 0.633. The van der Waals surface area contributed by atoms with Gasteiger partial charge in [0.2, 0.25) is 12.0 Å². The molecule has 0 aromatic heterocycles. The quantitative estimate of drug-likeness (QED) is 0.863. The van der Waals surface area contributed by atoms with E-state index < -0.39 is 12.1 Å². The first-order valence-corrected chi connectivity index (χ1v) is 5.80. The molecule has 1 heterocycles. The van der Waals surface area contributed by atoms with Gasteiger partial charge in [-0.3, -0.25) is 4.79 Å². The molecule has 1 aliphatic rings. The molecule has 0 saturated carbocycles. The monoisotopic (exact) mass is 249 g/mol. The molecule has 0 spiro atoms. The second kappa shape index (κ2) is 4.68. The third-order valence-corrected chi connectivity index (χ3v) is 2.81. The number of fused-ring (bicyclic) bond motifs is 1. The number of carboxylic acid groups (broad SMARTS) is 1. The van der Waals surface area contributed by atoms with Gasteiger partial charge in [-0.1, -0.05) is 26.0 Å². The van der Waals surface area contributed by atoms with Crippen LogP contribution < -0.4 is 9.64 Å². The van der Waals surface area contributed by atoms with Gasteiger partial charge in [0.05, 0.1) is 12.2 Å². The fourth-order valence-electron chi connectivity index (χ4n) is 1.88. The minimum absolute atomic E-state index is 0.0450. The molecule has 0 bridgehead atoms. The van der Waals surface area contributed by atoms with Crippen molar-refractivity contribution in [1.29, 1.82) is 0 Å². The maximum atomic E-state index is 12.1. The summed E-state index contributed by atoms with van der Waals surface area (Å²) in [6.45, 7) is 3.62. The Morgan fingerprint density at radius 3 is 2.67 bits per heavy atom. The van der Waals surface area contributed by atoms with Crippen LogP contribution in [0.25, 0.3) is 0 Å². The minimum atomic E-state index is -1.06. The number of carbonyl (C=O) groups excluding carboxylic acids is 1. The Morgan fingerprint density at radius 2 is 2.06 bits per heavy atom. The fraction of sp³-hybridized carbons (Fsp3) is 0.385. The number of nitrogens with zero attached hydrogens (tertiary/aromatic N) is 1. The Balaban J connectivity index is 2.39. The lowest BCUT2D eigenvalue weighted by molar-refractivity contribution is -0.145. The molecule has 1 aromatic carbocycles. The third-order valence-electron chi connectivity index (χ3n) is 2.81. The van der Waals surface area contributed by atoms with Crippen molar-refractivity contribution >= 4 is 17.6 Å². The number of benzene rings is 1. The van der Waals surface area contributed by atoms with Crippen LogP contribution in [-0.4, -0.2) is 29.6 Å². The van der Waals surface area contributed by atoms with E-state index in [-0.39, 0.29) is 18.4 Å². The molecule has 2 rings (SSSR count). The normalized spacial score (nSPS) is 18.2. The van der Waals surface area contributed by atoms with E-state index in [1.54, 1.807) is 38.1 Å². The van der Waals surface area contributed by atoms with Crippen LogP contribution in [0.2, 0.25) is 0 Å². The molecular weight excluding hydrogens is 234 g/mol. The highest BCUT2D eigenvalue weighted by molar-refractivity contribution is 5.97. The van der Waals surface area contributed by atoms with E-state index >= 15 is 0 Å². The van der Waals surface area contributed by atoms with E-state index in [0.717, 1.165) is 0 Å². The molecule has 0 radical (unpaired) electrons. The van der Waals surface area contributed by atoms with Crippen LogP contribution in [-0.2, 0) is 9.59 Å². The van der Waals surface area contributed by atoms with Gasteiger partial charge < -0.3 is 14.7 Å². The van der Waals surface area contributed by atoms with Gasteiger partial charge in [0.25, 0.3) is 0 Å². The largest absolute Gasteiger partial charge is 0.478 e. The van der Waals surface area contributed by atoms with Crippen molar-refractivity contribution in [3.8, 4) is 5.75 Å². The summed E-state index contributed by atoms with van der Waals surface area (Å²) < 4.78 is 5.36. The maximum Gasteiger partial charge on any atom is 0.346 e. The van der Waals surface area contributed by atoms with Crippen LogP contribution in [0.4, 0.5) is 5.69 Å². The van der Waals surface area contributed by atoms with Crippen LogP contribution in [0.5, 0.6) is 5.75 Å². The summed E-state index contributed by atoms with van der Waals surface area (Å²) in [7, 11) is 0. The first kappa shape index (κ1) is 12.4. The molecule has 5 heteroatoms. The number of carbonyl (C=O) groups is 2. The smallest absolute Gasteiger partial charge is 0.346 e. The first-order chi connectivity index (χ1) is 8.50. The van der Waals surface area contributed by atoms with Crippen LogP contribution in [0, 0.1) is 5.92 Å². The van der Waals surface area contributed by atoms with Gasteiger partial charge in [-0.25, -0.2) is 4.79 Å². The molecule has 1 unspecified atom stereocenters. The van der Waals surface area contributed by atoms with Crippen molar-refractivity contribution in [1.82, 2.24) is 0 Å². The predicted octanol–water partition coefficient (Wildman–Crippen LogP) is 1.52. The van der Waals surface area contributed by atoms with Gasteiger partial charge in [0.1, 0.15) is 5.75 Å². The highest BCUT2D eigenvalue weighted by Gasteiger charge is 2.34. The summed E-state index contributed by atoms with van der Waals surface area (Å²) in [4.78, 5) is 24.6. The van der Waals surface area contributed by atoms with Crippen molar-refractivity contribution < 1.29 is 19.4 Å². The molecule has 5 nitrogen and oxygen atoms in total. The van der Waals surface area contributed by atoms with Gasteiger partial charge in [-0.05, 0) is 12.1 Å². The zero-order chi connectivity index (χ0) is 13.3. The number of aliphatic carboxylic acids is 1. The Bertz CT molecular complexity index is 484. The van der Waals surface area contributed by atoms with E-state index in [9.17, 15) is 9.59 Å². The second-order valence-electron chi connectivity index (χ2n) is 4.52. The third kappa shape index (κ3) is 2.16. The average Bonchev–Trinajstić information content (AvgIpc) is 2.36. The highest BCUT2D eigenvalue weighted by atomic mass is 16.5. The molecule has 0 saturated heterocycles. The van der Waals surface area contributed by atoms with Crippen molar-refractivity contribution in [3.63, 3.8) is 0 Å². The van der Waals surface area contributed by atoms with Gasteiger partial charge in [0.15, 0.2) is 0 Å². The molecule has 1 aliphatic heterocycles. The van der Waals surface area contributed by atoms with Crippen LogP contribution in [0.3, 0.4) is 0 Å². The van der Waals surface area contributed by atoms with Crippen LogP contribution in [0.15, 0.2) is 24.3 Å². The molecule has 1 atom stereocenters. The summed E-state index contributed by atoms with van der Waals surface area (Å²) in [6.07, 6.45) is -1.01. The number of para-hydroxylation sites is 2. The lowest BCUT2D eigenvalue weighted by atomic mass is 10.1. The molecule has 96 valence electrons. The number of hydrogen-bond acceptors (Lipinski definition) is 3. The maximum absolute atomic E-state index is 12.1. The van der Waals surface area contributed by atoms with E-state index in [1.165, 1.54) is 4.90 Å². The van der Waals surface area contributed by atoms with E-state index in [1.807, 2.05) is 0 Å². The summed E-state index contributed by atoms with van der Waals surface area (Å²) in [6, 6.07) is 6.98. The zero-order valence-corrected chi connectivity index (χ0v) is 10.3. The first-order valence-electron chi connectivity index (χ1n) is 5.80. The number of carboxylic acids is 1. The Hall–Kier alpha value is -2.04. The highest BCUT2D eigenvalue weighted by Crippen LogP contribution is 2.33. The molecule has 1 amide bonds. The summed E-state index contributed by atoms with van der Waals surface area (Å²) in [5.74, 6) is -0.918. The lowest BCUT2D eigenvalue weighted by Gasteiger charge is -2.34. The standard InChI is InChI=1S/C13H15NO4/c1-8(2)12(15)14-7-11(13(16)17)18-10-6-4-3-5-9(10)14/h3-6,8,11H,7H2,1-2H3,(H,16,17). The SMILES string of the molecule is CC(C)C(=O)N1CC(C(=O)O)Oc2ccccc21. The van der Waals surface area contributed by atoms with E-state index in [0.29, 0.717) is 11.4 Å². The Morgan fingerprint density at radius 1 is 1.39 bits per heavy atom. The minimum Gasteiger partial charge on any atom is -0.478 e. The number of amides is 1. The molecule has 18 heavy (non-hydrogen) atoms. The van der Waals surface area contributed by atoms with Gasteiger partial charge in [0, 0.05) is 5.92 Å². The van der Waals surface area contributed by atoms with Crippen LogP contribution in [0.1, 0.15) is 13.8 Å². The van der Waals surface area contributed by atoms with Crippen molar-refractivity contribution in [2.45, 2.75) is 20.0 Å². The number of rotatable bonds is 2. The van der Waals surface area contributed by atoms with Gasteiger partial charge in [-0.15, -0.1) is 0 Å². The van der Waals surface area contributed by atoms with Crippen molar-refractivity contribution in [3.05, 3.63) is 24.3 Å². The molecule has 1 N–H and O–H groups in total. The van der Waals surface area contributed by atoms with E-state index in [2.05, 4.69) is 0 Å². The second-order valence-corrected chi connectivity index (χ2v) is 4.52. The van der Waals surface area contributed by atoms with E-state index in [4.69, 9.17) is 9.84 Å². The van der Waals surface area contributed by atoms with Crippen molar-refractivity contribution in [2.24, 2.45) is 5.92 Å². The predicted molar refractivity (Wildman–Crippen MR) is 65.7 cm³/mol. The topological polar surface area (TPSA) is 66.8 Å². The Kier molecular flexibility index (Phi) is 3.23. The number of ether oxygens (including phenoxy) is 1. The molecular formula is C13H15NO4. The van der Waals surface area contributed by atoms with Crippen molar-refractivity contribution in [2.75, 3.05) is 11.4 Å². The molecule has 0 fully saturated rings. The number of hydrogen-bond donors (Lipinski definition) is 1. The summed E-state index contributed by atoms with van der Waals surface area (Å²) >= 11 is 0. The molecule has 0 aliphatic carbocycles. The van der Waals surface area contributed by atoms with Crippen LogP contribution >= 0.6 is 0 Å². The fourth-order valence-corrected chi connectivity index (χ4v) is 1.88. The zero-order valence-electron chi connectivity index (χ0n) is 10.3. The average molecular weight is 249 g/mol. The summed E-state index contributed by atoms with van der Waals surface area (Å²) in [5, 5.41) is 9.04.